The highest BCUT2D eigenvalue weighted by Gasteiger charge is 2.25. The summed E-state index contributed by atoms with van der Waals surface area (Å²) in [5.74, 6) is -2.19. The van der Waals surface area contributed by atoms with Crippen molar-refractivity contribution >= 4 is 32.3 Å². The molecule has 0 aliphatic carbocycles. The van der Waals surface area contributed by atoms with E-state index in [-0.39, 0.29) is 29.3 Å². The van der Waals surface area contributed by atoms with E-state index in [9.17, 15) is 23.6 Å². The number of rotatable bonds is 7. The molecule has 168 valence electrons. The SMILES string of the molecule is CS(=N)(=O)CCC(N=C(c1ccc2c(c1)COC2)c1c(O)[nH]c2ccc(F)cc12)C(=O)O. The average molecular weight is 459 g/mol. The van der Waals surface area contributed by atoms with E-state index in [4.69, 9.17) is 9.52 Å². The van der Waals surface area contributed by atoms with Crippen LogP contribution in [0.3, 0.4) is 0 Å². The van der Waals surface area contributed by atoms with Crippen molar-refractivity contribution in [3.63, 3.8) is 0 Å². The van der Waals surface area contributed by atoms with E-state index in [1.807, 2.05) is 12.1 Å². The fraction of sp³-hybridized carbons (Fsp3) is 0.273. The van der Waals surface area contributed by atoms with Crippen molar-refractivity contribution in [2.24, 2.45) is 4.99 Å². The van der Waals surface area contributed by atoms with Crippen molar-refractivity contribution in [1.29, 1.82) is 4.78 Å². The van der Waals surface area contributed by atoms with Crippen LogP contribution < -0.4 is 0 Å². The first-order chi connectivity index (χ1) is 15.1. The number of ether oxygens (including phenoxy) is 1. The molecular formula is C22H22FN3O5S. The lowest BCUT2D eigenvalue weighted by Gasteiger charge is -2.14. The zero-order valence-corrected chi connectivity index (χ0v) is 18.0. The number of halogens is 1. The van der Waals surface area contributed by atoms with Gasteiger partial charge in [-0.2, -0.15) is 0 Å². The van der Waals surface area contributed by atoms with Gasteiger partial charge in [-0.1, -0.05) is 12.1 Å². The van der Waals surface area contributed by atoms with Crippen molar-refractivity contribution in [2.45, 2.75) is 25.7 Å². The highest BCUT2D eigenvalue weighted by Crippen LogP contribution is 2.32. The lowest BCUT2D eigenvalue weighted by Crippen LogP contribution is -2.23. The van der Waals surface area contributed by atoms with Crippen LogP contribution in [-0.4, -0.2) is 49.1 Å². The van der Waals surface area contributed by atoms with Gasteiger partial charge < -0.3 is 19.9 Å². The second kappa shape index (κ2) is 8.36. The summed E-state index contributed by atoms with van der Waals surface area (Å²) in [7, 11) is -2.92. The first-order valence-corrected chi connectivity index (χ1v) is 12.0. The molecule has 0 radical (unpaired) electrons. The van der Waals surface area contributed by atoms with Crippen molar-refractivity contribution < 1.29 is 28.3 Å². The summed E-state index contributed by atoms with van der Waals surface area (Å²) in [6, 6.07) is 8.06. The van der Waals surface area contributed by atoms with Gasteiger partial charge >= 0.3 is 5.97 Å². The highest BCUT2D eigenvalue weighted by atomic mass is 32.2. The minimum Gasteiger partial charge on any atom is -0.494 e. The third-order valence-corrected chi connectivity index (χ3v) is 6.34. The number of H-pyrrole nitrogens is 1. The van der Waals surface area contributed by atoms with Crippen LogP contribution in [0.15, 0.2) is 41.4 Å². The molecule has 0 fully saturated rings. The Hall–Kier alpha value is -3.24. The fourth-order valence-electron chi connectivity index (χ4n) is 3.73. The minimum absolute atomic E-state index is 0.122. The number of aromatic hydroxyl groups is 1. The number of aromatic nitrogens is 1. The Morgan fingerprint density at radius 2 is 2.03 bits per heavy atom. The number of carbonyl (C=O) groups is 1. The standard InChI is InChI=1S/C22H22FN3O5S/c1-32(24,30)7-6-18(22(28)29)25-20(12-2-3-13-10-31-11-14(13)8-12)19-16-9-15(23)4-5-17(16)26-21(19)27/h2-5,8-9,18,24,26-27H,6-7,10-11H2,1H3,(H,28,29). The third kappa shape index (κ3) is 4.51. The fourth-order valence-corrected chi connectivity index (χ4v) is 4.40. The van der Waals surface area contributed by atoms with E-state index >= 15 is 0 Å². The number of aromatic amines is 1. The molecule has 4 N–H and O–H groups in total. The van der Waals surface area contributed by atoms with Gasteiger partial charge in [0.15, 0.2) is 5.88 Å². The molecule has 0 saturated heterocycles. The van der Waals surface area contributed by atoms with Crippen LogP contribution in [0.5, 0.6) is 5.88 Å². The Labute approximate surface area is 183 Å². The van der Waals surface area contributed by atoms with Crippen LogP contribution in [0.1, 0.15) is 28.7 Å². The predicted octanol–water partition coefficient (Wildman–Crippen LogP) is 3.40. The number of hydrogen-bond acceptors (Lipinski definition) is 6. The lowest BCUT2D eigenvalue weighted by molar-refractivity contribution is -0.138. The van der Waals surface area contributed by atoms with Crippen LogP contribution in [0.25, 0.3) is 10.9 Å². The monoisotopic (exact) mass is 459 g/mol. The van der Waals surface area contributed by atoms with Gasteiger partial charge in [0.25, 0.3) is 0 Å². The number of carboxylic acids is 1. The number of aliphatic imine (C=N–C) groups is 1. The summed E-state index contributed by atoms with van der Waals surface area (Å²) in [6.07, 6.45) is 1.12. The van der Waals surface area contributed by atoms with Crippen LogP contribution in [0.2, 0.25) is 0 Å². The van der Waals surface area contributed by atoms with Gasteiger partial charge in [-0.05, 0) is 41.8 Å². The molecule has 1 aromatic heterocycles. The molecule has 2 unspecified atom stereocenters. The Balaban J connectivity index is 1.91. The quantitative estimate of drug-likeness (QED) is 0.402. The molecule has 0 saturated carbocycles. The summed E-state index contributed by atoms with van der Waals surface area (Å²) < 4.78 is 38.9. The Bertz CT molecular complexity index is 1350. The molecule has 3 aromatic rings. The number of aliphatic carboxylic acids is 1. The van der Waals surface area contributed by atoms with E-state index in [1.165, 1.54) is 24.5 Å². The lowest BCUT2D eigenvalue weighted by atomic mass is 9.97. The van der Waals surface area contributed by atoms with Gasteiger partial charge in [0.2, 0.25) is 0 Å². The number of nitrogens with one attached hydrogen (secondary N) is 2. The molecule has 0 spiro atoms. The maximum absolute atomic E-state index is 14.0. The molecule has 0 amide bonds. The number of carboxylic acid groups (broad SMARTS) is 1. The summed E-state index contributed by atoms with van der Waals surface area (Å²) in [6.45, 7) is 0.863. The molecule has 8 nitrogen and oxygen atoms in total. The predicted molar refractivity (Wildman–Crippen MR) is 118 cm³/mol. The molecular weight excluding hydrogens is 437 g/mol. The molecule has 2 heterocycles. The van der Waals surface area contributed by atoms with E-state index < -0.39 is 27.6 Å². The van der Waals surface area contributed by atoms with E-state index in [0.29, 0.717) is 29.7 Å². The topological polar surface area (TPSA) is 136 Å². The molecule has 2 atom stereocenters. The van der Waals surface area contributed by atoms with Crippen LogP contribution in [0, 0.1) is 10.6 Å². The summed E-state index contributed by atoms with van der Waals surface area (Å²) in [4.78, 5) is 19.1. The third-order valence-electron chi connectivity index (χ3n) is 5.32. The maximum atomic E-state index is 14.0. The zero-order chi connectivity index (χ0) is 23.0. The van der Waals surface area contributed by atoms with Crippen LogP contribution in [-0.2, 0) is 32.5 Å². The van der Waals surface area contributed by atoms with Gasteiger partial charge in [0, 0.05) is 38.2 Å². The molecule has 2 aromatic carbocycles. The van der Waals surface area contributed by atoms with E-state index in [2.05, 4.69) is 9.98 Å². The van der Waals surface area contributed by atoms with E-state index in [0.717, 1.165) is 11.1 Å². The number of nitrogens with zero attached hydrogens (tertiary/aromatic N) is 1. The number of fused-ring (bicyclic) bond motifs is 2. The summed E-state index contributed by atoms with van der Waals surface area (Å²) >= 11 is 0. The minimum atomic E-state index is -2.92. The van der Waals surface area contributed by atoms with E-state index in [1.54, 1.807) is 6.07 Å². The van der Waals surface area contributed by atoms with Crippen LogP contribution in [0.4, 0.5) is 4.39 Å². The average Bonchev–Trinajstić information content (AvgIpc) is 3.30. The Morgan fingerprint density at radius 3 is 2.75 bits per heavy atom. The molecule has 4 rings (SSSR count). The second-order valence-electron chi connectivity index (χ2n) is 7.84. The van der Waals surface area contributed by atoms with Crippen LogP contribution >= 0.6 is 0 Å². The maximum Gasteiger partial charge on any atom is 0.328 e. The largest absolute Gasteiger partial charge is 0.494 e. The van der Waals surface area contributed by atoms with Crippen molar-refractivity contribution in [2.75, 3.05) is 12.0 Å². The van der Waals surface area contributed by atoms with Crippen molar-refractivity contribution in [1.82, 2.24) is 4.98 Å². The van der Waals surface area contributed by atoms with Crippen molar-refractivity contribution in [3.8, 4) is 5.88 Å². The van der Waals surface area contributed by atoms with Gasteiger partial charge in [-0.25, -0.2) is 9.18 Å². The highest BCUT2D eigenvalue weighted by molar-refractivity contribution is 7.91. The van der Waals surface area contributed by atoms with Gasteiger partial charge in [-0.3, -0.25) is 14.0 Å². The van der Waals surface area contributed by atoms with Gasteiger partial charge in [0.1, 0.15) is 11.9 Å². The Morgan fingerprint density at radius 1 is 1.28 bits per heavy atom. The smallest absolute Gasteiger partial charge is 0.328 e. The second-order valence-corrected chi connectivity index (χ2v) is 10.3. The summed E-state index contributed by atoms with van der Waals surface area (Å²) in [5.41, 5.74) is 3.24. The molecule has 0 bridgehead atoms. The van der Waals surface area contributed by atoms with Crippen molar-refractivity contribution in [3.05, 3.63) is 64.5 Å². The molecule has 1 aliphatic rings. The molecule has 10 heteroatoms. The number of hydrogen-bond donors (Lipinski definition) is 4. The summed E-state index contributed by atoms with van der Waals surface area (Å²) in [5, 5.41) is 20.7. The zero-order valence-electron chi connectivity index (χ0n) is 17.2. The Kier molecular flexibility index (Phi) is 5.74. The normalized spacial score (nSPS) is 16.6. The van der Waals surface area contributed by atoms with Gasteiger partial charge in [0.05, 0.1) is 24.5 Å². The molecule has 1 aliphatic heterocycles. The molecule has 32 heavy (non-hydrogen) atoms. The number of benzene rings is 2. The first-order valence-electron chi connectivity index (χ1n) is 9.85. The first kappa shape index (κ1) is 22.0. The van der Waals surface area contributed by atoms with Gasteiger partial charge in [-0.15, -0.1) is 0 Å².